The van der Waals surface area contributed by atoms with E-state index >= 15 is 0 Å². The third-order valence-corrected chi connectivity index (χ3v) is 8.71. The Morgan fingerprint density at radius 3 is 1.51 bits per heavy atom. The molecule has 1 aliphatic carbocycles. The molecule has 1 aliphatic rings. The van der Waals surface area contributed by atoms with Crippen molar-refractivity contribution in [3.8, 4) is 0 Å². The summed E-state index contributed by atoms with van der Waals surface area (Å²) >= 11 is 0. The fourth-order valence-electron chi connectivity index (χ4n) is 6.91. The minimum absolute atomic E-state index is 0.0925. The zero-order chi connectivity index (χ0) is 26.5. The second-order valence-electron chi connectivity index (χ2n) is 11.2. The number of rotatable bonds is 9. The van der Waals surface area contributed by atoms with Gasteiger partial charge in [-0.2, -0.15) is 0 Å². The molecule has 0 amide bonds. The van der Waals surface area contributed by atoms with Crippen molar-refractivity contribution in [2.45, 2.75) is 64.7 Å². The maximum Gasteiger partial charge on any atom is 0.188 e. The third-order valence-electron chi connectivity index (χ3n) is 8.71. The van der Waals surface area contributed by atoms with Gasteiger partial charge < -0.3 is 4.40 Å². The number of benzene rings is 3. The number of ketones is 2. The molecule has 3 nitrogen and oxygen atoms in total. The molecule has 3 heteroatoms. The number of aromatic nitrogens is 1. The van der Waals surface area contributed by atoms with Crippen LogP contribution >= 0.6 is 0 Å². The molecule has 0 radical (unpaired) electrons. The highest BCUT2D eigenvalue weighted by molar-refractivity contribution is 6.36. The van der Waals surface area contributed by atoms with Crippen molar-refractivity contribution in [2.75, 3.05) is 0 Å². The van der Waals surface area contributed by atoms with E-state index in [9.17, 15) is 9.59 Å². The Morgan fingerprint density at radius 1 is 0.538 bits per heavy atom. The van der Waals surface area contributed by atoms with E-state index in [1.165, 1.54) is 79.9 Å². The fourth-order valence-corrected chi connectivity index (χ4v) is 6.91. The van der Waals surface area contributed by atoms with Gasteiger partial charge in [0.25, 0.3) is 0 Å². The summed E-state index contributed by atoms with van der Waals surface area (Å²) in [6.07, 6.45) is 14.4. The van der Waals surface area contributed by atoms with E-state index in [2.05, 4.69) is 59.9 Å². The van der Waals surface area contributed by atoms with Crippen LogP contribution in [-0.4, -0.2) is 16.0 Å². The maximum atomic E-state index is 13.3. The minimum atomic E-state index is -0.0925. The van der Waals surface area contributed by atoms with E-state index < -0.39 is 0 Å². The van der Waals surface area contributed by atoms with Gasteiger partial charge in [0, 0.05) is 21.5 Å². The van der Waals surface area contributed by atoms with Crippen LogP contribution in [0.1, 0.15) is 84.6 Å². The molecular weight excluding hydrogens is 478 g/mol. The van der Waals surface area contributed by atoms with Crippen molar-refractivity contribution >= 4 is 60.4 Å². The van der Waals surface area contributed by atoms with Crippen LogP contribution in [0.4, 0.5) is 0 Å². The highest BCUT2D eigenvalue weighted by Crippen LogP contribution is 2.44. The maximum absolute atomic E-state index is 13.3. The van der Waals surface area contributed by atoms with Gasteiger partial charge in [-0.05, 0) is 53.5 Å². The Morgan fingerprint density at radius 2 is 1.00 bits per heavy atom. The van der Waals surface area contributed by atoms with Crippen LogP contribution in [-0.2, 0) is 6.42 Å². The van der Waals surface area contributed by atoms with Crippen LogP contribution in [0.25, 0.3) is 48.9 Å². The first kappa shape index (κ1) is 24.1. The normalized spacial score (nSPS) is 13.7. The van der Waals surface area contributed by atoms with Gasteiger partial charge in [0.15, 0.2) is 11.6 Å². The molecule has 0 atom stereocenters. The summed E-state index contributed by atoms with van der Waals surface area (Å²) in [5.74, 6) is -0.185. The average molecular weight is 512 g/mol. The Labute approximate surface area is 228 Å². The monoisotopic (exact) mass is 511 g/mol. The van der Waals surface area contributed by atoms with E-state index in [0.717, 1.165) is 44.5 Å². The Hall–Kier alpha value is -3.98. The van der Waals surface area contributed by atoms with Crippen molar-refractivity contribution in [3.63, 3.8) is 0 Å². The summed E-state index contributed by atoms with van der Waals surface area (Å²) in [6.45, 7) is 2.27. The molecular formula is C36H33NO2. The van der Waals surface area contributed by atoms with Crippen molar-refractivity contribution in [2.24, 2.45) is 0 Å². The second-order valence-corrected chi connectivity index (χ2v) is 11.2. The minimum Gasteiger partial charge on any atom is -0.306 e. The lowest BCUT2D eigenvalue weighted by Gasteiger charge is -2.18. The van der Waals surface area contributed by atoms with Crippen LogP contribution in [0.3, 0.4) is 0 Å². The van der Waals surface area contributed by atoms with E-state index in [4.69, 9.17) is 0 Å². The van der Waals surface area contributed by atoms with Crippen molar-refractivity contribution in [3.05, 3.63) is 89.5 Å². The highest BCUT2D eigenvalue weighted by atomic mass is 16.1. The molecule has 194 valence electrons. The first-order chi connectivity index (χ1) is 19.2. The number of hydrogen-bond donors (Lipinski definition) is 0. The molecule has 0 spiro atoms. The molecule has 0 saturated heterocycles. The topological polar surface area (TPSA) is 38.5 Å². The zero-order valence-electron chi connectivity index (χ0n) is 22.6. The van der Waals surface area contributed by atoms with Crippen LogP contribution < -0.4 is 0 Å². The smallest absolute Gasteiger partial charge is 0.188 e. The number of unbranched alkanes of at least 4 members (excludes halogenated alkanes) is 7. The SMILES string of the molecule is CCCCCCCCCCc1cc2c3ccccc3c3c4c(c5c6ccccc6c(c1)c2n35)C(=O)C=CC4=O. The Kier molecular flexibility index (Phi) is 5.96. The number of allylic oxidation sites excluding steroid dienone is 2. The number of hydrogen-bond acceptors (Lipinski definition) is 2. The van der Waals surface area contributed by atoms with Crippen LogP contribution in [0.2, 0.25) is 0 Å². The summed E-state index contributed by atoms with van der Waals surface area (Å²) in [5, 5.41) is 6.72. The first-order valence-corrected chi connectivity index (χ1v) is 14.6. The van der Waals surface area contributed by atoms with Crippen molar-refractivity contribution in [1.29, 1.82) is 0 Å². The zero-order valence-corrected chi connectivity index (χ0v) is 22.6. The molecule has 3 heterocycles. The van der Waals surface area contributed by atoms with Gasteiger partial charge in [-0.1, -0.05) is 100 Å². The van der Waals surface area contributed by atoms with E-state index in [-0.39, 0.29) is 11.6 Å². The quantitative estimate of drug-likeness (QED) is 0.110. The van der Waals surface area contributed by atoms with Gasteiger partial charge in [0.1, 0.15) is 0 Å². The lowest BCUT2D eigenvalue weighted by Crippen LogP contribution is -2.09. The lowest BCUT2D eigenvalue weighted by atomic mass is 9.94. The van der Waals surface area contributed by atoms with Gasteiger partial charge in [-0.3, -0.25) is 9.59 Å². The molecule has 3 aromatic heterocycles. The standard InChI is InChI=1S/C36H33NO2/c1-2-3-4-5-6-7-8-9-14-23-21-28-24-15-10-12-17-26(24)35-32-30(38)19-20-31(39)33(32)36-27-18-13-11-16-25(27)29(22-23)34(28)37(35)36/h10-13,15-22H,2-9,14H2,1H3. The number of carbonyl (C=O) groups is 2. The third kappa shape index (κ3) is 3.71. The lowest BCUT2D eigenvalue weighted by molar-refractivity contribution is 0.0997. The molecule has 0 fully saturated rings. The van der Waals surface area contributed by atoms with Gasteiger partial charge in [0.05, 0.1) is 27.7 Å². The highest BCUT2D eigenvalue weighted by Gasteiger charge is 2.31. The first-order valence-electron chi connectivity index (χ1n) is 14.6. The number of carbonyl (C=O) groups excluding carboxylic acids is 2. The molecule has 0 bridgehead atoms. The van der Waals surface area contributed by atoms with Gasteiger partial charge in [0.2, 0.25) is 0 Å². The van der Waals surface area contributed by atoms with Gasteiger partial charge >= 0.3 is 0 Å². The number of pyridine rings is 2. The Bertz CT molecular complexity index is 1810. The van der Waals surface area contributed by atoms with E-state index in [0.29, 0.717) is 11.1 Å². The summed E-state index contributed by atoms with van der Waals surface area (Å²) in [6, 6.07) is 21.5. The van der Waals surface area contributed by atoms with Gasteiger partial charge in [-0.25, -0.2) is 0 Å². The average Bonchev–Trinajstić information content (AvgIpc) is 3.34. The molecule has 0 aliphatic heterocycles. The number of nitrogens with zero attached hydrogens (tertiary/aromatic N) is 1. The molecule has 0 saturated carbocycles. The molecule has 7 rings (SSSR count). The van der Waals surface area contributed by atoms with Gasteiger partial charge in [-0.15, -0.1) is 0 Å². The van der Waals surface area contributed by atoms with E-state index in [1.54, 1.807) is 0 Å². The molecule has 0 N–H and O–H groups in total. The molecule has 3 aromatic carbocycles. The molecule has 6 aromatic rings. The molecule has 0 unspecified atom stereocenters. The fraction of sp³-hybridized carbons (Fsp3) is 0.278. The van der Waals surface area contributed by atoms with Crippen molar-refractivity contribution < 1.29 is 9.59 Å². The van der Waals surface area contributed by atoms with Crippen LogP contribution in [0.5, 0.6) is 0 Å². The largest absolute Gasteiger partial charge is 0.306 e. The summed E-state index contributed by atoms with van der Waals surface area (Å²) in [4.78, 5) is 26.7. The van der Waals surface area contributed by atoms with Crippen LogP contribution in [0.15, 0.2) is 72.8 Å². The summed E-state index contributed by atoms with van der Waals surface area (Å²) < 4.78 is 2.23. The summed E-state index contributed by atoms with van der Waals surface area (Å²) in [5.41, 5.74) is 5.27. The number of fused-ring (bicyclic) bond motifs is 9. The summed E-state index contributed by atoms with van der Waals surface area (Å²) in [7, 11) is 0. The predicted molar refractivity (Wildman–Crippen MR) is 163 cm³/mol. The Balaban J connectivity index is 1.45. The van der Waals surface area contributed by atoms with Crippen LogP contribution in [0, 0.1) is 0 Å². The number of aryl methyl sites for hydroxylation is 1. The molecule has 39 heavy (non-hydrogen) atoms. The van der Waals surface area contributed by atoms with Crippen molar-refractivity contribution in [1.82, 2.24) is 4.40 Å². The second kappa shape index (κ2) is 9.64. The van der Waals surface area contributed by atoms with E-state index in [1.807, 2.05) is 12.1 Å². The predicted octanol–water partition coefficient (Wildman–Crippen LogP) is 9.61.